The third-order valence-electron chi connectivity index (χ3n) is 1.57. The van der Waals surface area contributed by atoms with Crippen molar-refractivity contribution < 1.29 is 0 Å². The Bertz CT molecular complexity index is 203. The molecule has 1 rings (SSSR count). The van der Waals surface area contributed by atoms with Crippen molar-refractivity contribution in [2.75, 3.05) is 12.0 Å². The molecule has 3 heteroatoms. The summed E-state index contributed by atoms with van der Waals surface area (Å²) < 4.78 is 0. The number of halogens is 1. The van der Waals surface area contributed by atoms with Gasteiger partial charge in [0.15, 0.2) is 0 Å². The van der Waals surface area contributed by atoms with Gasteiger partial charge >= 0.3 is 0 Å². The van der Waals surface area contributed by atoms with Crippen LogP contribution >= 0.6 is 24.2 Å². The average Bonchev–Trinajstić information content (AvgIpc) is 2.07. The van der Waals surface area contributed by atoms with Crippen LogP contribution in [0.25, 0.3) is 0 Å². The fraction of sp³-hybridized carbons (Fsp3) is 0.333. The molecule has 0 saturated carbocycles. The van der Waals surface area contributed by atoms with E-state index in [9.17, 15) is 0 Å². The Balaban J connectivity index is 0.00000121. The normalized spacial score (nSPS) is 11.8. The molecular weight excluding hydrogens is 190 g/mol. The fourth-order valence-electron chi connectivity index (χ4n) is 0.976. The summed E-state index contributed by atoms with van der Waals surface area (Å²) in [5.74, 6) is 0.990. The number of hydrogen-bond acceptors (Lipinski definition) is 2. The van der Waals surface area contributed by atoms with Crippen LogP contribution in [-0.2, 0) is 0 Å². The van der Waals surface area contributed by atoms with Crippen LogP contribution in [0.15, 0.2) is 30.3 Å². The fourth-order valence-corrected chi connectivity index (χ4v) is 1.53. The molecule has 1 atom stereocenters. The topological polar surface area (TPSA) is 26.0 Å². The molecule has 0 heterocycles. The second-order valence-electron chi connectivity index (χ2n) is 2.47. The van der Waals surface area contributed by atoms with E-state index in [0.717, 1.165) is 5.75 Å². The molecular formula is C9H14ClNS. The Labute approximate surface area is 84.1 Å². The van der Waals surface area contributed by atoms with E-state index in [1.165, 1.54) is 5.56 Å². The predicted molar refractivity (Wildman–Crippen MR) is 59.0 cm³/mol. The summed E-state index contributed by atoms with van der Waals surface area (Å²) in [5.41, 5.74) is 7.11. The molecule has 0 aliphatic carbocycles. The van der Waals surface area contributed by atoms with Crippen LogP contribution in [0.4, 0.5) is 0 Å². The van der Waals surface area contributed by atoms with Crippen molar-refractivity contribution in [2.24, 2.45) is 5.73 Å². The number of nitrogens with two attached hydrogens (primary N) is 1. The molecule has 0 saturated heterocycles. The number of benzene rings is 1. The van der Waals surface area contributed by atoms with Gasteiger partial charge in [0.1, 0.15) is 0 Å². The van der Waals surface area contributed by atoms with E-state index in [0.29, 0.717) is 0 Å². The summed E-state index contributed by atoms with van der Waals surface area (Å²) >= 11 is 1.78. The van der Waals surface area contributed by atoms with Gasteiger partial charge in [0, 0.05) is 11.8 Å². The molecule has 0 spiro atoms. The van der Waals surface area contributed by atoms with Crippen molar-refractivity contribution in [1.82, 2.24) is 0 Å². The molecule has 1 aromatic rings. The lowest BCUT2D eigenvalue weighted by atomic mass is 10.1. The molecule has 0 radical (unpaired) electrons. The molecule has 68 valence electrons. The highest BCUT2D eigenvalue weighted by atomic mass is 35.5. The minimum absolute atomic E-state index is 0. The SMILES string of the molecule is CSC[C@@H](N)c1ccccc1.Cl. The standard InChI is InChI=1S/C9H13NS.ClH/c1-11-7-9(10)8-5-3-2-4-6-8;/h2-6,9H,7,10H2,1H3;1H/t9-;/m1./s1. The van der Waals surface area contributed by atoms with E-state index in [-0.39, 0.29) is 18.4 Å². The maximum Gasteiger partial charge on any atom is 0.0386 e. The lowest BCUT2D eigenvalue weighted by Crippen LogP contribution is -2.12. The second kappa shape index (κ2) is 6.35. The largest absolute Gasteiger partial charge is 0.323 e. The van der Waals surface area contributed by atoms with Gasteiger partial charge in [0.05, 0.1) is 0 Å². The highest BCUT2D eigenvalue weighted by Crippen LogP contribution is 2.12. The van der Waals surface area contributed by atoms with Crippen LogP contribution in [0.3, 0.4) is 0 Å². The summed E-state index contributed by atoms with van der Waals surface area (Å²) in [6.07, 6.45) is 2.07. The van der Waals surface area contributed by atoms with Crippen LogP contribution in [0.1, 0.15) is 11.6 Å². The lowest BCUT2D eigenvalue weighted by Gasteiger charge is -2.08. The highest BCUT2D eigenvalue weighted by molar-refractivity contribution is 7.98. The summed E-state index contributed by atoms with van der Waals surface area (Å²) in [6, 6.07) is 10.4. The van der Waals surface area contributed by atoms with Crippen molar-refractivity contribution in [1.29, 1.82) is 0 Å². The van der Waals surface area contributed by atoms with Crippen molar-refractivity contribution in [3.8, 4) is 0 Å². The second-order valence-corrected chi connectivity index (χ2v) is 3.38. The summed E-state index contributed by atoms with van der Waals surface area (Å²) in [4.78, 5) is 0. The zero-order valence-electron chi connectivity index (χ0n) is 7.07. The number of thioether (sulfide) groups is 1. The van der Waals surface area contributed by atoms with E-state index in [2.05, 4.69) is 18.4 Å². The molecule has 1 nitrogen and oxygen atoms in total. The molecule has 0 aromatic heterocycles. The Morgan fingerprint density at radius 2 is 1.92 bits per heavy atom. The highest BCUT2D eigenvalue weighted by Gasteiger charge is 2.01. The van der Waals surface area contributed by atoms with Crippen molar-refractivity contribution >= 4 is 24.2 Å². The Morgan fingerprint density at radius 3 is 2.42 bits per heavy atom. The molecule has 0 fully saturated rings. The molecule has 12 heavy (non-hydrogen) atoms. The molecule has 2 N–H and O–H groups in total. The Hall–Kier alpha value is -0.180. The maximum absolute atomic E-state index is 5.88. The minimum Gasteiger partial charge on any atom is -0.323 e. The van der Waals surface area contributed by atoms with Gasteiger partial charge in [0.25, 0.3) is 0 Å². The van der Waals surface area contributed by atoms with Crippen molar-refractivity contribution in [2.45, 2.75) is 6.04 Å². The van der Waals surface area contributed by atoms with Crippen LogP contribution in [-0.4, -0.2) is 12.0 Å². The van der Waals surface area contributed by atoms with Gasteiger partial charge in [-0.1, -0.05) is 30.3 Å². The Kier molecular flexibility index (Phi) is 6.25. The van der Waals surface area contributed by atoms with Gasteiger partial charge in [-0.2, -0.15) is 11.8 Å². The zero-order valence-corrected chi connectivity index (χ0v) is 8.70. The van der Waals surface area contributed by atoms with E-state index in [1.54, 1.807) is 11.8 Å². The monoisotopic (exact) mass is 203 g/mol. The predicted octanol–water partition coefficient (Wildman–Crippen LogP) is 2.47. The summed E-state index contributed by atoms with van der Waals surface area (Å²) in [5, 5.41) is 0. The van der Waals surface area contributed by atoms with Gasteiger partial charge in [-0.3, -0.25) is 0 Å². The van der Waals surface area contributed by atoms with Crippen LogP contribution in [0.2, 0.25) is 0 Å². The zero-order chi connectivity index (χ0) is 8.10. The first-order chi connectivity index (χ1) is 5.34. The van der Waals surface area contributed by atoms with Crippen LogP contribution in [0.5, 0.6) is 0 Å². The first kappa shape index (κ1) is 11.8. The van der Waals surface area contributed by atoms with Gasteiger partial charge in [-0.15, -0.1) is 12.4 Å². The van der Waals surface area contributed by atoms with Gasteiger partial charge in [-0.05, 0) is 11.8 Å². The van der Waals surface area contributed by atoms with E-state index in [1.807, 2.05) is 18.2 Å². The molecule has 0 aliphatic heterocycles. The maximum atomic E-state index is 5.88. The van der Waals surface area contributed by atoms with E-state index in [4.69, 9.17) is 5.73 Å². The third kappa shape index (κ3) is 3.48. The van der Waals surface area contributed by atoms with E-state index >= 15 is 0 Å². The average molecular weight is 204 g/mol. The molecule has 0 amide bonds. The van der Waals surface area contributed by atoms with E-state index < -0.39 is 0 Å². The Morgan fingerprint density at radius 1 is 1.33 bits per heavy atom. The van der Waals surface area contributed by atoms with Gasteiger partial charge < -0.3 is 5.73 Å². The number of hydrogen-bond donors (Lipinski definition) is 1. The van der Waals surface area contributed by atoms with Crippen LogP contribution < -0.4 is 5.73 Å². The van der Waals surface area contributed by atoms with Gasteiger partial charge in [-0.25, -0.2) is 0 Å². The molecule has 0 aliphatic rings. The summed E-state index contributed by atoms with van der Waals surface area (Å²) in [6.45, 7) is 0. The van der Waals surface area contributed by atoms with Gasteiger partial charge in [0.2, 0.25) is 0 Å². The summed E-state index contributed by atoms with van der Waals surface area (Å²) in [7, 11) is 0. The third-order valence-corrected chi connectivity index (χ3v) is 2.27. The van der Waals surface area contributed by atoms with Crippen LogP contribution in [0, 0.1) is 0 Å². The first-order valence-electron chi connectivity index (χ1n) is 3.64. The van der Waals surface area contributed by atoms with Crippen molar-refractivity contribution in [3.63, 3.8) is 0 Å². The first-order valence-corrected chi connectivity index (χ1v) is 5.03. The lowest BCUT2D eigenvalue weighted by molar-refractivity contribution is 0.832. The smallest absolute Gasteiger partial charge is 0.0386 e. The van der Waals surface area contributed by atoms with Crippen molar-refractivity contribution in [3.05, 3.63) is 35.9 Å². The minimum atomic E-state index is 0. The molecule has 0 unspecified atom stereocenters. The quantitative estimate of drug-likeness (QED) is 0.817. The number of rotatable bonds is 3. The molecule has 0 bridgehead atoms. The molecule has 1 aromatic carbocycles.